The Balaban J connectivity index is 0.901. The summed E-state index contributed by atoms with van der Waals surface area (Å²) in [6, 6.07) is 10.0. The maximum Gasteiger partial charge on any atom is 0.266 e. The van der Waals surface area contributed by atoms with E-state index in [1.165, 1.54) is 77.0 Å². The van der Waals surface area contributed by atoms with Crippen molar-refractivity contribution in [2.45, 2.75) is 57.2 Å². The van der Waals surface area contributed by atoms with Gasteiger partial charge in [-0.15, -0.1) is 0 Å². The largest absolute Gasteiger partial charge is 0.366 e. The fourth-order valence-corrected chi connectivity index (χ4v) is 6.85. The minimum Gasteiger partial charge on any atom is -0.366 e. The number of halogens is 2. The normalized spacial score (nSPS) is 20.0. The minimum atomic E-state index is -1.02. The molecule has 1 amide bonds. The van der Waals surface area contributed by atoms with Gasteiger partial charge in [0.05, 0.1) is 36.6 Å². The monoisotopic (exact) mass is 666 g/mol. The number of carbonyl (C=O) groups excluding carboxylic acids is 1. The molecule has 2 N–H and O–H groups in total. The first kappa shape index (κ1) is 32.8. The number of fused-ring (bicyclic) bond motifs is 1. The second kappa shape index (κ2) is 14.8. The maximum atomic E-state index is 13.6. The van der Waals surface area contributed by atoms with Gasteiger partial charge in [0.25, 0.3) is 11.5 Å². The molecule has 0 unspecified atom stereocenters. The van der Waals surface area contributed by atoms with Crippen molar-refractivity contribution in [3.8, 4) is 11.8 Å². The summed E-state index contributed by atoms with van der Waals surface area (Å²) in [6.07, 6.45) is 11.7. The van der Waals surface area contributed by atoms with Crippen molar-refractivity contribution >= 4 is 22.8 Å². The zero-order chi connectivity index (χ0) is 33.7. The second-order valence-electron chi connectivity index (χ2n) is 13.4. The summed E-state index contributed by atoms with van der Waals surface area (Å²) >= 11 is 0. The van der Waals surface area contributed by atoms with Crippen molar-refractivity contribution < 1.29 is 13.6 Å². The van der Waals surface area contributed by atoms with E-state index in [0.717, 1.165) is 57.9 Å². The molecular formula is C37H40F2N8O2. The van der Waals surface area contributed by atoms with E-state index in [2.05, 4.69) is 42.2 Å². The number of nitrogens with one attached hydrogen (secondary N) is 2. The van der Waals surface area contributed by atoms with Gasteiger partial charge in [-0.25, -0.2) is 18.7 Å². The molecule has 0 atom stereocenters. The highest BCUT2D eigenvalue weighted by Gasteiger charge is 2.30. The van der Waals surface area contributed by atoms with Gasteiger partial charge in [-0.05, 0) is 80.3 Å². The molecule has 7 rings (SSSR count). The van der Waals surface area contributed by atoms with Gasteiger partial charge in [-0.3, -0.25) is 24.0 Å². The minimum absolute atomic E-state index is 0.000472. The Labute approximate surface area is 284 Å². The third-order valence-corrected chi connectivity index (χ3v) is 9.78. The van der Waals surface area contributed by atoms with E-state index in [4.69, 9.17) is 4.98 Å². The van der Waals surface area contributed by atoms with E-state index in [-0.39, 0.29) is 18.7 Å². The lowest BCUT2D eigenvalue weighted by Gasteiger charge is -2.42. The summed E-state index contributed by atoms with van der Waals surface area (Å²) in [7, 11) is 0. The molecule has 3 aliphatic rings. The lowest BCUT2D eigenvalue weighted by atomic mass is 9.89. The van der Waals surface area contributed by atoms with Crippen LogP contribution in [0.25, 0.3) is 11.0 Å². The van der Waals surface area contributed by atoms with Crippen molar-refractivity contribution in [2.75, 3.05) is 44.6 Å². The summed E-state index contributed by atoms with van der Waals surface area (Å²) < 4.78 is 28.0. The average Bonchev–Trinajstić information content (AvgIpc) is 3.94. The van der Waals surface area contributed by atoms with Crippen molar-refractivity contribution in [1.82, 2.24) is 34.6 Å². The Morgan fingerprint density at radius 3 is 2.51 bits per heavy atom. The van der Waals surface area contributed by atoms with Crippen LogP contribution < -0.4 is 16.2 Å². The van der Waals surface area contributed by atoms with Crippen LogP contribution in [-0.4, -0.2) is 86.6 Å². The SMILES string of the molecule is O=C(NCC#Cc1ccc2ncc(NC3CCC(N4CCN(CC5CC5)CC4)CC3)nc2c1)c1cncn(Cc2ccc(F)c(F)c2)c1=O. The van der Waals surface area contributed by atoms with E-state index < -0.39 is 23.1 Å². The van der Waals surface area contributed by atoms with Gasteiger partial charge in [-0.1, -0.05) is 17.9 Å². The second-order valence-corrected chi connectivity index (χ2v) is 13.4. The van der Waals surface area contributed by atoms with E-state index in [9.17, 15) is 18.4 Å². The molecule has 0 spiro atoms. The molecule has 3 heterocycles. The van der Waals surface area contributed by atoms with Crippen LogP contribution in [-0.2, 0) is 6.54 Å². The number of benzene rings is 2. The first-order valence-corrected chi connectivity index (χ1v) is 17.1. The van der Waals surface area contributed by atoms with Gasteiger partial charge in [0.15, 0.2) is 11.6 Å². The topological polar surface area (TPSA) is 108 Å². The molecule has 2 aromatic heterocycles. The Morgan fingerprint density at radius 2 is 1.73 bits per heavy atom. The van der Waals surface area contributed by atoms with Crippen LogP contribution in [0, 0.1) is 29.4 Å². The first-order valence-electron chi connectivity index (χ1n) is 17.1. The lowest BCUT2D eigenvalue weighted by Crippen LogP contribution is -2.51. The zero-order valence-electron chi connectivity index (χ0n) is 27.4. The predicted octanol–water partition coefficient (Wildman–Crippen LogP) is 4.05. The molecule has 254 valence electrons. The molecule has 2 aromatic carbocycles. The molecule has 2 saturated carbocycles. The van der Waals surface area contributed by atoms with Gasteiger partial charge in [0.1, 0.15) is 11.4 Å². The maximum absolute atomic E-state index is 13.6. The molecule has 10 nitrogen and oxygen atoms in total. The molecule has 0 radical (unpaired) electrons. The third-order valence-electron chi connectivity index (χ3n) is 9.78. The molecule has 49 heavy (non-hydrogen) atoms. The molecule has 12 heteroatoms. The van der Waals surface area contributed by atoms with Crippen molar-refractivity contribution in [3.05, 3.63) is 93.8 Å². The van der Waals surface area contributed by atoms with E-state index in [0.29, 0.717) is 17.6 Å². The van der Waals surface area contributed by atoms with Crippen LogP contribution in [0.15, 0.2) is 59.9 Å². The average molecular weight is 667 g/mol. The van der Waals surface area contributed by atoms with Crippen LogP contribution in [0.2, 0.25) is 0 Å². The van der Waals surface area contributed by atoms with Crippen LogP contribution in [0.5, 0.6) is 0 Å². The number of aromatic nitrogens is 4. The van der Waals surface area contributed by atoms with Crippen LogP contribution in [0.3, 0.4) is 0 Å². The highest BCUT2D eigenvalue weighted by Crippen LogP contribution is 2.31. The quantitative estimate of drug-likeness (QED) is 0.258. The number of rotatable bonds is 9. The van der Waals surface area contributed by atoms with Gasteiger partial charge < -0.3 is 15.5 Å². The first-order chi connectivity index (χ1) is 23.9. The van der Waals surface area contributed by atoms with E-state index >= 15 is 0 Å². The molecule has 3 fully saturated rings. The van der Waals surface area contributed by atoms with Gasteiger partial charge in [0.2, 0.25) is 0 Å². The number of anilines is 1. The van der Waals surface area contributed by atoms with Gasteiger partial charge in [-0.2, -0.15) is 0 Å². The molecule has 4 aromatic rings. The number of amides is 1. The summed E-state index contributed by atoms with van der Waals surface area (Å²) in [6.45, 7) is 6.04. The fourth-order valence-electron chi connectivity index (χ4n) is 6.85. The molecule has 1 saturated heterocycles. The number of piperazine rings is 1. The number of hydrogen-bond acceptors (Lipinski definition) is 8. The molecular weight excluding hydrogens is 626 g/mol. The Bertz CT molecular complexity index is 1940. The molecule has 1 aliphatic heterocycles. The Hall–Kier alpha value is -4.73. The molecule has 0 bridgehead atoms. The van der Waals surface area contributed by atoms with E-state index in [1.807, 2.05) is 18.2 Å². The summed E-state index contributed by atoms with van der Waals surface area (Å²) in [5.41, 5.74) is 1.80. The van der Waals surface area contributed by atoms with Crippen molar-refractivity contribution in [2.24, 2.45) is 5.92 Å². The van der Waals surface area contributed by atoms with E-state index in [1.54, 1.807) is 6.20 Å². The number of hydrogen-bond donors (Lipinski definition) is 2. The van der Waals surface area contributed by atoms with Crippen LogP contribution >= 0.6 is 0 Å². The highest BCUT2D eigenvalue weighted by molar-refractivity contribution is 5.93. The van der Waals surface area contributed by atoms with Gasteiger partial charge >= 0.3 is 0 Å². The number of carbonyl (C=O) groups is 1. The fraction of sp³-hybridized carbons (Fsp3) is 0.432. The lowest BCUT2D eigenvalue weighted by molar-refractivity contribution is 0.0752. The third kappa shape index (κ3) is 8.29. The standard InChI is InChI=1S/C37H40F2N8O2/c38-31-11-5-27(18-32(31)39)23-47-24-40-20-30(37(47)49)36(48)41-13-1-2-25-6-12-33-34(19-25)44-35(21-42-33)43-28-7-9-29(10-8-28)46-16-14-45(15-17-46)22-26-3-4-26/h5-6,11-12,18-21,24,26,28-29H,3-4,7-10,13-17,22-23H2,(H,41,48)(H,43,44). The van der Waals surface area contributed by atoms with Crippen LogP contribution in [0.4, 0.5) is 14.6 Å². The smallest absolute Gasteiger partial charge is 0.266 e. The van der Waals surface area contributed by atoms with Gasteiger partial charge in [0, 0.05) is 56.6 Å². The molecule has 2 aliphatic carbocycles. The summed E-state index contributed by atoms with van der Waals surface area (Å²) in [5, 5.41) is 6.24. The van der Waals surface area contributed by atoms with Crippen molar-refractivity contribution in [3.63, 3.8) is 0 Å². The number of nitrogens with zero attached hydrogens (tertiary/aromatic N) is 6. The Kier molecular flexibility index (Phi) is 9.91. The highest BCUT2D eigenvalue weighted by atomic mass is 19.2. The zero-order valence-corrected chi connectivity index (χ0v) is 27.4. The Morgan fingerprint density at radius 1 is 0.918 bits per heavy atom. The van der Waals surface area contributed by atoms with Crippen LogP contribution in [0.1, 0.15) is 60.0 Å². The predicted molar refractivity (Wildman–Crippen MR) is 183 cm³/mol. The summed E-state index contributed by atoms with van der Waals surface area (Å²) in [5.74, 6) is 5.05. The van der Waals surface area contributed by atoms with Crippen molar-refractivity contribution in [1.29, 1.82) is 0 Å². The summed E-state index contributed by atoms with van der Waals surface area (Å²) in [4.78, 5) is 44.3.